The summed E-state index contributed by atoms with van der Waals surface area (Å²) in [5, 5.41) is 3.98. The summed E-state index contributed by atoms with van der Waals surface area (Å²) in [7, 11) is 0. The summed E-state index contributed by atoms with van der Waals surface area (Å²) in [6.45, 7) is 3.15. The normalized spacial score (nSPS) is 15.2. The zero-order chi connectivity index (χ0) is 24.1. The Hall–Kier alpha value is -3.32. The van der Waals surface area contributed by atoms with E-state index in [0.29, 0.717) is 19.0 Å². The minimum absolute atomic E-state index is 0.203. The van der Waals surface area contributed by atoms with E-state index in [2.05, 4.69) is 17.2 Å². The fourth-order valence-electron chi connectivity index (χ4n) is 4.18. The number of aromatic amines is 1. The maximum atomic E-state index is 13.0. The predicted octanol–water partition coefficient (Wildman–Crippen LogP) is 3.96. The van der Waals surface area contributed by atoms with Crippen molar-refractivity contribution in [3.05, 3.63) is 70.9 Å². The number of piperidine rings is 1. The van der Waals surface area contributed by atoms with Gasteiger partial charge in [-0.1, -0.05) is 48.9 Å². The number of hydrogen-bond acceptors (Lipinski definition) is 4. The largest absolute Gasteiger partial charge is 0.454 e. The summed E-state index contributed by atoms with van der Waals surface area (Å²) in [5.74, 6) is -0.774. The standard InChI is InChI=1S/C26H28ClN3O4/c1-17-10-12-30(13-11-17)24(31)16-34-26(33)23(29-25(32)20-7-2-4-8-21(20)27)14-18-15-28-22-9-5-3-6-19(18)22/h2-9,15,17,23,28H,10-14,16H2,1H3,(H,29,32)/t23-/m0/s1. The van der Waals surface area contributed by atoms with Crippen molar-refractivity contribution < 1.29 is 19.1 Å². The van der Waals surface area contributed by atoms with Gasteiger partial charge in [-0.25, -0.2) is 4.79 Å². The number of ether oxygens (including phenoxy) is 1. The number of likely N-dealkylation sites (tertiary alicyclic amines) is 1. The second-order valence-corrected chi connectivity index (χ2v) is 9.15. The molecular weight excluding hydrogens is 454 g/mol. The predicted molar refractivity (Wildman–Crippen MR) is 131 cm³/mol. The molecule has 4 rings (SSSR count). The zero-order valence-corrected chi connectivity index (χ0v) is 19.8. The lowest BCUT2D eigenvalue weighted by Crippen LogP contribution is -2.45. The number of benzene rings is 2. The van der Waals surface area contributed by atoms with E-state index in [-0.39, 0.29) is 29.5 Å². The van der Waals surface area contributed by atoms with E-state index in [9.17, 15) is 14.4 Å². The molecule has 1 fully saturated rings. The van der Waals surface area contributed by atoms with Crippen molar-refractivity contribution in [2.24, 2.45) is 5.92 Å². The van der Waals surface area contributed by atoms with Crippen LogP contribution in [0.2, 0.25) is 5.02 Å². The zero-order valence-electron chi connectivity index (χ0n) is 19.1. The molecule has 7 nitrogen and oxygen atoms in total. The highest BCUT2D eigenvalue weighted by Gasteiger charge is 2.27. The maximum absolute atomic E-state index is 13.0. The molecule has 1 atom stereocenters. The summed E-state index contributed by atoms with van der Waals surface area (Å²) < 4.78 is 5.39. The summed E-state index contributed by atoms with van der Waals surface area (Å²) in [4.78, 5) is 43.4. The van der Waals surface area contributed by atoms with Gasteiger partial charge in [-0.3, -0.25) is 9.59 Å². The van der Waals surface area contributed by atoms with Gasteiger partial charge in [-0.15, -0.1) is 0 Å². The molecule has 1 saturated heterocycles. The van der Waals surface area contributed by atoms with E-state index in [1.807, 2.05) is 30.5 Å². The van der Waals surface area contributed by atoms with Gasteiger partial charge in [0, 0.05) is 36.6 Å². The SMILES string of the molecule is CC1CCN(C(=O)COC(=O)[C@H](Cc2c[nH]c3ccccc23)NC(=O)c2ccccc2Cl)CC1. The van der Waals surface area contributed by atoms with Crippen molar-refractivity contribution in [3.63, 3.8) is 0 Å². The van der Waals surface area contributed by atoms with E-state index in [1.165, 1.54) is 0 Å². The molecule has 178 valence electrons. The van der Waals surface area contributed by atoms with E-state index in [4.69, 9.17) is 16.3 Å². The molecule has 34 heavy (non-hydrogen) atoms. The first-order chi connectivity index (χ1) is 16.4. The smallest absolute Gasteiger partial charge is 0.329 e. The minimum atomic E-state index is -0.989. The Morgan fingerprint density at radius 2 is 1.82 bits per heavy atom. The van der Waals surface area contributed by atoms with Gasteiger partial charge < -0.3 is 19.9 Å². The topological polar surface area (TPSA) is 91.5 Å². The molecule has 1 aromatic heterocycles. The number of amides is 2. The van der Waals surface area contributed by atoms with Crippen molar-refractivity contribution in [2.45, 2.75) is 32.2 Å². The molecule has 3 aromatic rings. The van der Waals surface area contributed by atoms with Crippen LogP contribution in [0.4, 0.5) is 0 Å². The third-order valence-electron chi connectivity index (χ3n) is 6.28. The van der Waals surface area contributed by atoms with Crippen LogP contribution < -0.4 is 5.32 Å². The van der Waals surface area contributed by atoms with Crippen LogP contribution in [-0.4, -0.2) is 53.4 Å². The minimum Gasteiger partial charge on any atom is -0.454 e. The van der Waals surface area contributed by atoms with Gasteiger partial charge in [-0.2, -0.15) is 0 Å². The van der Waals surface area contributed by atoms with Crippen LogP contribution >= 0.6 is 11.6 Å². The number of hydrogen-bond donors (Lipinski definition) is 2. The van der Waals surface area contributed by atoms with Crippen LogP contribution in [0.5, 0.6) is 0 Å². The van der Waals surface area contributed by atoms with E-state index in [1.54, 1.807) is 29.2 Å². The van der Waals surface area contributed by atoms with Crippen LogP contribution in [0.25, 0.3) is 10.9 Å². The van der Waals surface area contributed by atoms with Crippen molar-refractivity contribution in [3.8, 4) is 0 Å². The Kier molecular flexibility index (Phi) is 7.53. The molecular formula is C26H28ClN3O4. The fourth-order valence-corrected chi connectivity index (χ4v) is 4.40. The number of fused-ring (bicyclic) bond motifs is 1. The lowest BCUT2D eigenvalue weighted by Gasteiger charge is -2.30. The summed E-state index contributed by atoms with van der Waals surface area (Å²) in [5.41, 5.74) is 2.05. The van der Waals surface area contributed by atoms with Crippen molar-refractivity contribution >= 4 is 40.3 Å². The van der Waals surface area contributed by atoms with Crippen molar-refractivity contribution in [1.29, 1.82) is 0 Å². The molecule has 1 aliphatic heterocycles. The quantitative estimate of drug-likeness (QED) is 0.499. The lowest BCUT2D eigenvalue weighted by molar-refractivity contribution is -0.154. The lowest BCUT2D eigenvalue weighted by atomic mass is 9.99. The van der Waals surface area contributed by atoms with Gasteiger partial charge in [0.15, 0.2) is 6.61 Å². The summed E-state index contributed by atoms with van der Waals surface area (Å²) in [6.07, 6.45) is 3.90. The molecule has 0 spiro atoms. The number of rotatable bonds is 7. The number of halogens is 1. The van der Waals surface area contributed by atoms with Crippen LogP contribution in [-0.2, 0) is 20.7 Å². The van der Waals surface area contributed by atoms with Crippen LogP contribution in [0.3, 0.4) is 0 Å². The third-order valence-corrected chi connectivity index (χ3v) is 6.61. The Morgan fingerprint density at radius 3 is 2.59 bits per heavy atom. The number of para-hydroxylation sites is 1. The van der Waals surface area contributed by atoms with Crippen LogP contribution in [0.15, 0.2) is 54.7 Å². The highest BCUT2D eigenvalue weighted by molar-refractivity contribution is 6.33. The van der Waals surface area contributed by atoms with E-state index < -0.39 is 17.9 Å². The Bertz CT molecular complexity index is 1180. The second-order valence-electron chi connectivity index (χ2n) is 8.74. The molecule has 8 heteroatoms. The number of carbonyl (C=O) groups is 3. The first kappa shape index (κ1) is 23.8. The number of esters is 1. The molecule has 2 N–H and O–H groups in total. The number of carbonyl (C=O) groups excluding carboxylic acids is 3. The maximum Gasteiger partial charge on any atom is 0.329 e. The fraction of sp³-hybridized carbons (Fsp3) is 0.346. The van der Waals surface area contributed by atoms with Crippen LogP contribution in [0, 0.1) is 5.92 Å². The highest BCUT2D eigenvalue weighted by Crippen LogP contribution is 2.21. The third kappa shape index (κ3) is 5.59. The molecule has 0 radical (unpaired) electrons. The molecule has 2 heterocycles. The van der Waals surface area contributed by atoms with Gasteiger partial charge in [0.05, 0.1) is 10.6 Å². The first-order valence-electron chi connectivity index (χ1n) is 11.5. The molecule has 2 amide bonds. The highest BCUT2D eigenvalue weighted by atomic mass is 35.5. The summed E-state index contributed by atoms with van der Waals surface area (Å²) in [6, 6.07) is 13.3. The molecule has 0 aliphatic carbocycles. The van der Waals surface area contributed by atoms with Gasteiger partial charge in [0.2, 0.25) is 0 Å². The molecule has 1 aliphatic rings. The molecule has 0 unspecified atom stereocenters. The Labute approximate surface area is 203 Å². The van der Waals surface area contributed by atoms with Gasteiger partial charge in [0.25, 0.3) is 11.8 Å². The van der Waals surface area contributed by atoms with E-state index in [0.717, 1.165) is 29.3 Å². The molecule has 0 saturated carbocycles. The Morgan fingerprint density at radius 1 is 1.12 bits per heavy atom. The average molecular weight is 482 g/mol. The van der Waals surface area contributed by atoms with Crippen molar-refractivity contribution in [2.75, 3.05) is 19.7 Å². The van der Waals surface area contributed by atoms with Gasteiger partial charge in [0.1, 0.15) is 6.04 Å². The van der Waals surface area contributed by atoms with E-state index >= 15 is 0 Å². The Balaban J connectivity index is 1.48. The monoisotopic (exact) mass is 481 g/mol. The van der Waals surface area contributed by atoms with Gasteiger partial charge in [-0.05, 0) is 42.5 Å². The summed E-state index contributed by atoms with van der Waals surface area (Å²) >= 11 is 6.17. The number of aromatic nitrogens is 1. The molecule has 2 aromatic carbocycles. The van der Waals surface area contributed by atoms with Crippen LogP contribution in [0.1, 0.15) is 35.7 Å². The first-order valence-corrected chi connectivity index (χ1v) is 11.8. The molecule has 0 bridgehead atoms. The van der Waals surface area contributed by atoms with Crippen molar-refractivity contribution in [1.82, 2.24) is 15.2 Å². The number of nitrogens with zero attached hydrogens (tertiary/aromatic N) is 1. The second kappa shape index (κ2) is 10.7. The average Bonchev–Trinajstić information content (AvgIpc) is 3.25. The van der Waals surface area contributed by atoms with Gasteiger partial charge >= 0.3 is 5.97 Å². The number of nitrogens with one attached hydrogen (secondary N) is 2. The number of H-pyrrole nitrogens is 1.